The minimum Gasteiger partial charge on any atom is -0.368 e. The van der Waals surface area contributed by atoms with Crippen molar-refractivity contribution in [3.8, 4) is 0 Å². The smallest absolute Gasteiger partial charge is 0.143 e. The summed E-state index contributed by atoms with van der Waals surface area (Å²) in [6.07, 6.45) is 5.99. The Balaban J connectivity index is 1.88. The molecule has 76 valence electrons. The number of thioether (sulfide) groups is 1. The zero-order valence-electron chi connectivity index (χ0n) is 7.74. The van der Waals surface area contributed by atoms with Crippen molar-refractivity contribution in [2.75, 3.05) is 17.6 Å². The molecule has 1 N–H and O–H groups in total. The van der Waals surface area contributed by atoms with Gasteiger partial charge in [-0.15, -0.1) is 0 Å². The fourth-order valence-corrected chi connectivity index (χ4v) is 3.02. The van der Waals surface area contributed by atoms with E-state index >= 15 is 0 Å². The van der Waals surface area contributed by atoms with E-state index in [2.05, 4.69) is 31.2 Å². The van der Waals surface area contributed by atoms with Crippen molar-refractivity contribution in [3.05, 3.63) is 17.0 Å². The van der Waals surface area contributed by atoms with Crippen molar-refractivity contribution in [3.63, 3.8) is 0 Å². The maximum atomic E-state index is 4.16. The zero-order chi connectivity index (χ0) is 9.80. The molecule has 0 amide bonds. The summed E-state index contributed by atoms with van der Waals surface area (Å²) in [5.74, 6) is 2.20. The number of nitrogens with one attached hydrogen (secondary N) is 1. The molecule has 1 saturated heterocycles. The van der Waals surface area contributed by atoms with Crippen LogP contribution in [0, 0.1) is 0 Å². The summed E-state index contributed by atoms with van der Waals surface area (Å²) in [5, 5.41) is 4.08. The molecule has 1 aliphatic rings. The first kappa shape index (κ1) is 10.2. The average molecular weight is 274 g/mol. The van der Waals surface area contributed by atoms with E-state index < -0.39 is 0 Å². The molecule has 1 unspecified atom stereocenters. The Morgan fingerprint density at radius 1 is 1.64 bits per heavy atom. The lowest BCUT2D eigenvalue weighted by Crippen LogP contribution is -2.14. The molecule has 3 nitrogen and oxygen atoms in total. The Morgan fingerprint density at radius 3 is 3.29 bits per heavy atom. The van der Waals surface area contributed by atoms with Gasteiger partial charge in [0.15, 0.2) is 0 Å². The van der Waals surface area contributed by atoms with Crippen molar-refractivity contribution in [2.45, 2.75) is 18.1 Å². The Hall–Kier alpha value is -0.290. The van der Waals surface area contributed by atoms with Crippen LogP contribution in [0.4, 0.5) is 5.82 Å². The van der Waals surface area contributed by atoms with Crippen LogP contribution < -0.4 is 5.32 Å². The predicted molar refractivity (Wildman–Crippen MR) is 63.7 cm³/mol. The molecule has 0 bridgehead atoms. The van der Waals surface area contributed by atoms with Gasteiger partial charge < -0.3 is 5.32 Å². The van der Waals surface area contributed by atoms with E-state index in [1.165, 1.54) is 18.6 Å². The second-order valence-electron chi connectivity index (χ2n) is 3.24. The first-order chi connectivity index (χ1) is 6.86. The van der Waals surface area contributed by atoms with Gasteiger partial charge >= 0.3 is 0 Å². The van der Waals surface area contributed by atoms with Crippen LogP contribution in [0.2, 0.25) is 0 Å². The monoisotopic (exact) mass is 273 g/mol. The number of nitrogens with zero attached hydrogens (tertiary/aromatic N) is 2. The SMILES string of the molecule is Brc1cncnc1NCC1CCCS1. The summed E-state index contributed by atoms with van der Waals surface area (Å²) >= 11 is 5.46. The van der Waals surface area contributed by atoms with Gasteiger partial charge in [-0.3, -0.25) is 0 Å². The average Bonchev–Trinajstić information content (AvgIpc) is 2.69. The standard InChI is InChI=1S/C9H12BrN3S/c10-8-5-11-6-13-9(8)12-4-7-2-1-3-14-7/h5-7H,1-4H2,(H,11,12,13). The fraction of sp³-hybridized carbons (Fsp3) is 0.556. The topological polar surface area (TPSA) is 37.8 Å². The van der Waals surface area contributed by atoms with Gasteiger partial charge in [-0.25, -0.2) is 9.97 Å². The van der Waals surface area contributed by atoms with Crippen LogP contribution in [0.15, 0.2) is 17.0 Å². The second-order valence-corrected chi connectivity index (χ2v) is 5.50. The van der Waals surface area contributed by atoms with Crippen LogP contribution >= 0.6 is 27.7 Å². The van der Waals surface area contributed by atoms with Gasteiger partial charge in [0.05, 0.1) is 4.47 Å². The van der Waals surface area contributed by atoms with E-state index in [1.807, 2.05) is 11.8 Å². The van der Waals surface area contributed by atoms with Crippen LogP contribution in [-0.2, 0) is 0 Å². The molecule has 2 rings (SSSR count). The highest BCUT2D eigenvalue weighted by Crippen LogP contribution is 2.26. The summed E-state index contributed by atoms with van der Waals surface area (Å²) in [4.78, 5) is 8.08. The Morgan fingerprint density at radius 2 is 2.57 bits per heavy atom. The Kier molecular flexibility index (Phi) is 3.64. The maximum Gasteiger partial charge on any atom is 0.143 e. The van der Waals surface area contributed by atoms with Gasteiger partial charge in [-0.05, 0) is 34.5 Å². The summed E-state index contributed by atoms with van der Waals surface area (Å²) < 4.78 is 0.933. The third kappa shape index (κ3) is 2.60. The molecule has 1 aliphatic heterocycles. The van der Waals surface area contributed by atoms with Crippen molar-refractivity contribution in [2.24, 2.45) is 0 Å². The van der Waals surface area contributed by atoms with Crippen LogP contribution in [0.3, 0.4) is 0 Å². The molecule has 0 radical (unpaired) electrons. The summed E-state index contributed by atoms with van der Waals surface area (Å²) in [5.41, 5.74) is 0. The van der Waals surface area contributed by atoms with Crippen molar-refractivity contribution in [1.82, 2.24) is 9.97 Å². The molecule has 1 aromatic rings. The number of hydrogen-bond acceptors (Lipinski definition) is 4. The van der Waals surface area contributed by atoms with E-state index in [4.69, 9.17) is 0 Å². The zero-order valence-corrected chi connectivity index (χ0v) is 10.1. The minimum atomic E-state index is 0.747. The van der Waals surface area contributed by atoms with Crippen LogP contribution in [-0.4, -0.2) is 27.5 Å². The molecule has 0 spiro atoms. The van der Waals surface area contributed by atoms with Gasteiger partial charge in [0, 0.05) is 18.0 Å². The van der Waals surface area contributed by atoms with Crippen molar-refractivity contribution >= 4 is 33.5 Å². The van der Waals surface area contributed by atoms with E-state index in [9.17, 15) is 0 Å². The quantitative estimate of drug-likeness (QED) is 0.919. The second kappa shape index (κ2) is 4.98. The first-order valence-corrected chi connectivity index (χ1v) is 6.51. The Bertz CT molecular complexity index is 302. The molecule has 5 heteroatoms. The Labute approximate surface area is 96.2 Å². The number of anilines is 1. The lowest BCUT2D eigenvalue weighted by molar-refractivity contribution is 0.802. The third-order valence-electron chi connectivity index (χ3n) is 2.19. The number of halogens is 1. The molecule has 1 fully saturated rings. The van der Waals surface area contributed by atoms with Crippen LogP contribution in [0.25, 0.3) is 0 Å². The normalized spacial score (nSPS) is 21.1. The van der Waals surface area contributed by atoms with Crippen molar-refractivity contribution in [1.29, 1.82) is 0 Å². The van der Waals surface area contributed by atoms with E-state index in [0.717, 1.165) is 22.1 Å². The van der Waals surface area contributed by atoms with Gasteiger partial charge in [-0.2, -0.15) is 11.8 Å². The highest BCUT2D eigenvalue weighted by molar-refractivity contribution is 9.10. The van der Waals surface area contributed by atoms with E-state index in [0.29, 0.717) is 0 Å². The molecule has 2 heterocycles. The summed E-state index contributed by atoms with van der Waals surface area (Å²) in [7, 11) is 0. The number of rotatable bonds is 3. The third-order valence-corrected chi connectivity index (χ3v) is 4.17. The van der Waals surface area contributed by atoms with Crippen LogP contribution in [0.1, 0.15) is 12.8 Å². The molecule has 0 aliphatic carbocycles. The van der Waals surface area contributed by atoms with Gasteiger partial charge in [0.25, 0.3) is 0 Å². The number of hydrogen-bond donors (Lipinski definition) is 1. The van der Waals surface area contributed by atoms with Gasteiger partial charge in [-0.1, -0.05) is 0 Å². The molecular formula is C9H12BrN3S. The molecule has 0 saturated carbocycles. The van der Waals surface area contributed by atoms with Crippen LogP contribution in [0.5, 0.6) is 0 Å². The van der Waals surface area contributed by atoms with Crippen molar-refractivity contribution < 1.29 is 0 Å². The lowest BCUT2D eigenvalue weighted by Gasteiger charge is -2.10. The van der Waals surface area contributed by atoms with E-state index in [-0.39, 0.29) is 0 Å². The molecule has 1 atom stereocenters. The molecule has 0 aromatic carbocycles. The van der Waals surface area contributed by atoms with Gasteiger partial charge in [0.1, 0.15) is 12.1 Å². The molecule has 14 heavy (non-hydrogen) atoms. The number of aromatic nitrogens is 2. The van der Waals surface area contributed by atoms with Gasteiger partial charge in [0.2, 0.25) is 0 Å². The summed E-state index contributed by atoms with van der Waals surface area (Å²) in [6.45, 7) is 1.00. The fourth-order valence-electron chi connectivity index (χ4n) is 1.46. The highest BCUT2D eigenvalue weighted by atomic mass is 79.9. The lowest BCUT2D eigenvalue weighted by atomic mass is 10.2. The van der Waals surface area contributed by atoms with E-state index in [1.54, 1.807) is 12.5 Å². The highest BCUT2D eigenvalue weighted by Gasteiger charge is 2.15. The largest absolute Gasteiger partial charge is 0.368 e. The predicted octanol–water partition coefficient (Wildman–Crippen LogP) is 2.55. The summed E-state index contributed by atoms with van der Waals surface area (Å²) in [6, 6.07) is 0. The molecule has 1 aromatic heterocycles. The maximum absolute atomic E-state index is 4.16. The minimum absolute atomic E-state index is 0.747. The first-order valence-electron chi connectivity index (χ1n) is 4.67. The molecular weight excluding hydrogens is 262 g/mol.